The molecule has 0 bridgehead atoms. The summed E-state index contributed by atoms with van der Waals surface area (Å²) in [5.41, 5.74) is 0.642. The Morgan fingerprint density at radius 3 is 2.78 bits per heavy atom. The molecule has 0 saturated heterocycles. The number of halogens is 2. The van der Waals surface area contributed by atoms with Gasteiger partial charge in [0.05, 0.1) is 7.11 Å². The van der Waals surface area contributed by atoms with Crippen molar-refractivity contribution in [3.63, 3.8) is 0 Å². The Hall–Kier alpha value is -0.910. The van der Waals surface area contributed by atoms with Gasteiger partial charge in [-0.15, -0.1) is 11.3 Å². The number of rotatable bonds is 5. The van der Waals surface area contributed by atoms with Crippen LogP contribution in [0.15, 0.2) is 34.1 Å². The van der Waals surface area contributed by atoms with E-state index in [1.54, 1.807) is 23.5 Å². The first-order valence-electron chi connectivity index (χ1n) is 5.45. The highest BCUT2D eigenvalue weighted by Gasteiger charge is 2.05. The van der Waals surface area contributed by atoms with Gasteiger partial charge in [0, 0.05) is 34.1 Å². The van der Waals surface area contributed by atoms with Crippen LogP contribution in [0.5, 0.6) is 5.75 Å². The summed E-state index contributed by atoms with van der Waals surface area (Å²) in [6.45, 7) is 1.23. The van der Waals surface area contributed by atoms with Crippen LogP contribution in [0.25, 0.3) is 0 Å². The maximum absolute atomic E-state index is 13.7. The van der Waals surface area contributed by atoms with Crippen LogP contribution in [0.1, 0.15) is 10.4 Å². The van der Waals surface area contributed by atoms with E-state index in [2.05, 4.69) is 21.2 Å². The highest BCUT2D eigenvalue weighted by atomic mass is 79.9. The van der Waals surface area contributed by atoms with Crippen LogP contribution in [0.3, 0.4) is 0 Å². The van der Waals surface area contributed by atoms with Gasteiger partial charge in [0.25, 0.3) is 0 Å². The molecule has 1 N–H and O–H groups in total. The van der Waals surface area contributed by atoms with E-state index in [0.29, 0.717) is 17.9 Å². The number of ether oxygens (including phenoxy) is 1. The number of benzene rings is 1. The van der Waals surface area contributed by atoms with Gasteiger partial charge in [0.1, 0.15) is 11.6 Å². The van der Waals surface area contributed by atoms with Gasteiger partial charge in [0.15, 0.2) is 0 Å². The van der Waals surface area contributed by atoms with Gasteiger partial charge < -0.3 is 10.1 Å². The van der Waals surface area contributed by atoms with Crippen molar-refractivity contribution in [2.24, 2.45) is 0 Å². The molecule has 96 valence electrons. The van der Waals surface area contributed by atoms with E-state index in [4.69, 9.17) is 4.74 Å². The maximum Gasteiger partial charge on any atom is 0.131 e. The summed E-state index contributed by atoms with van der Waals surface area (Å²) < 4.78 is 19.7. The minimum atomic E-state index is -0.243. The Bertz CT molecular complexity index is 529. The molecule has 0 atom stereocenters. The fourth-order valence-electron chi connectivity index (χ4n) is 1.56. The average molecular weight is 330 g/mol. The first-order valence-corrected chi connectivity index (χ1v) is 7.13. The first-order chi connectivity index (χ1) is 8.70. The molecule has 0 saturated carbocycles. The van der Waals surface area contributed by atoms with Crippen LogP contribution in [-0.4, -0.2) is 7.11 Å². The number of hydrogen-bond acceptors (Lipinski definition) is 3. The molecule has 0 spiro atoms. The molecule has 0 aliphatic heterocycles. The van der Waals surface area contributed by atoms with E-state index in [1.807, 2.05) is 11.4 Å². The number of thiophene rings is 1. The van der Waals surface area contributed by atoms with Crippen LogP contribution in [-0.2, 0) is 13.1 Å². The quantitative estimate of drug-likeness (QED) is 0.896. The fraction of sp³-hybridized carbons (Fsp3) is 0.231. The average Bonchev–Trinajstić information content (AvgIpc) is 2.77. The third-order valence-corrected chi connectivity index (χ3v) is 4.48. The smallest absolute Gasteiger partial charge is 0.131 e. The van der Waals surface area contributed by atoms with Crippen molar-refractivity contribution in [3.05, 3.63) is 50.4 Å². The predicted molar refractivity (Wildman–Crippen MR) is 75.5 cm³/mol. The standard InChI is InChI=1S/C13H13BrFNOS/c1-17-10-3-2-9(12(15)6-10)7-16-8-13-11(14)4-5-18-13/h2-6,16H,7-8H2,1H3. The van der Waals surface area contributed by atoms with Crippen molar-refractivity contribution in [2.45, 2.75) is 13.1 Å². The molecule has 1 heterocycles. The van der Waals surface area contributed by atoms with Crippen LogP contribution in [0.4, 0.5) is 4.39 Å². The highest BCUT2D eigenvalue weighted by Crippen LogP contribution is 2.22. The van der Waals surface area contributed by atoms with Crippen LogP contribution in [0.2, 0.25) is 0 Å². The SMILES string of the molecule is COc1ccc(CNCc2sccc2Br)c(F)c1. The zero-order valence-corrected chi connectivity index (χ0v) is 12.3. The summed E-state index contributed by atoms with van der Waals surface area (Å²) in [5.74, 6) is 0.296. The number of nitrogens with one attached hydrogen (secondary N) is 1. The molecule has 0 unspecified atom stereocenters. The summed E-state index contributed by atoms with van der Waals surface area (Å²) in [5, 5.41) is 5.25. The molecule has 2 nitrogen and oxygen atoms in total. The van der Waals surface area contributed by atoms with Gasteiger partial charge in [-0.05, 0) is 33.4 Å². The molecular formula is C13H13BrFNOS. The zero-order valence-electron chi connectivity index (χ0n) is 9.87. The van der Waals surface area contributed by atoms with Crippen molar-refractivity contribution in [3.8, 4) is 5.75 Å². The summed E-state index contributed by atoms with van der Waals surface area (Å²) >= 11 is 5.14. The molecule has 2 rings (SSSR count). The van der Waals surface area contributed by atoms with Gasteiger partial charge in [-0.1, -0.05) is 6.07 Å². The van der Waals surface area contributed by atoms with Gasteiger partial charge in [-0.25, -0.2) is 4.39 Å². The van der Waals surface area contributed by atoms with Gasteiger partial charge >= 0.3 is 0 Å². The Kier molecular flexibility index (Phi) is 4.74. The van der Waals surface area contributed by atoms with Gasteiger partial charge in [-0.2, -0.15) is 0 Å². The van der Waals surface area contributed by atoms with E-state index in [1.165, 1.54) is 18.1 Å². The minimum Gasteiger partial charge on any atom is -0.497 e. The lowest BCUT2D eigenvalue weighted by atomic mass is 10.2. The van der Waals surface area contributed by atoms with E-state index < -0.39 is 0 Å². The summed E-state index contributed by atoms with van der Waals surface area (Å²) in [7, 11) is 1.53. The molecule has 1 aromatic heterocycles. The summed E-state index contributed by atoms with van der Waals surface area (Å²) in [6, 6.07) is 6.92. The van der Waals surface area contributed by atoms with Gasteiger partial charge in [0.2, 0.25) is 0 Å². The van der Waals surface area contributed by atoms with E-state index in [0.717, 1.165) is 11.0 Å². The fourth-order valence-corrected chi connectivity index (χ4v) is 3.02. The molecule has 18 heavy (non-hydrogen) atoms. The number of methoxy groups -OCH3 is 1. The van der Waals surface area contributed by atoms with Crippen LogP contribution < -0.4 is 10.1 Å². The van der Waals surface area contributed by atoms with Crippen LogP contribution in [0, 0.1) is 5.82 Å². The third-order valence-electron chi connectivity index (χ3n) is 2.55. The predicted octanol–water partition coefficient (Wildman–Crippen LogP) is 3.95. The highest BCUT2D eigenvalue weighted by molar-refractivity contribution is 9.10. The normalized spacial score (nSPS) is 10.6. The summed E-state index contributed by atoms with van der Waals surface area (Å²) in [4.78, 5) is 1.21. The molecule has 0 amide bonds. The van der Waals surface area contributed by atoms with Crippen molar-refractivity contribution in [1.29, 1.82) is 0 Å². The van der Waals surface area contributed by atoms with E-state index in [9.17, 15) is 4.39 Å². The molecule has 0 aliphatic carbocycles. The molecule has 0 aliphatic rings. The van der Waals surface area contributed by atoms with Crippen LogP contribution >= 0.6 is 27.3 Å². The Balaban J connectivity index is 1.92. The van der Waals surface area contributed by atoms with Crippen molar-refractivity contribution >= 4 is 27.3 Å². The molecule has 2 aromatic rings. The lowest BCUT2D eigenvalue weighted by molar-refractivity contribution is 0.410. The first kappa shape index (κ1) is 13.5. The molecular weight excluding hydrogens is 317 g/mol. The van der Waals surface area contributed by atoms with Crippen molar-refractivity contribution in [1.82, 2.24) is 5.32 Å². The Morgan fingerprint density at radius 1 is 1.33 bits per heavy atom. The second kappa shape index (κ2) is 6.31. The minimum absolute atomic E-state index is 0.243. The van der Waals surface area contributed by atoms with Gasteiger partial charge in [-0.3, -0.25) is 0 Å². The Morgan fingerprint density at radius 2 is 2.17 bits per heavy atom. The monoisotopic (exact) mass is 329 g/mol. The van der Waals surface area contributed by atoms with Crippen molar-refractivity contribution < 1.29 is 9.13 Å². The Labute approximate surface area is 118 Å². The van der Waals surface area contributed by atoms with Crippen molar-refractivity contribution in [2.75, 3.05) is 7.11 Å². The summed E-state index contributed by atoms with van der Waals surface area (Å²) in [6.07, 6.45) is 0. The lowest BCUT2D eigenvalue weighted by Crippen LogP contribution is -2.13. The molecule has 0 fully saturated rings. The van der Waals surface area contributed by atoms with E-state index in [-0.39, 0.29) is 5.82 Å². The second-order valence-corrected chi connectivity index (χ2v) is 5.61. The third kappa shape index (κ3) is 3.31. The molecule has 5 heteroatoms. The number of hydrogen-bond donors (Lipinski definition) is 1. The maximum atomic E-state index is 13.7. The topological polar surface area (TPSA) is 21.3 Å². The lowest BCUT2D eigenvalue weighted by Gasteiger charge is -2.07. The van der Waals surface area contributed by atoms with E-state index >= 15 is 0 Å². The molecule has 0 radical (unpaired) electrons. The largest absolute Gasteiger partial charge is 0.497 e. The molecule has 1 aromatic carbocycles. The second-order valence-electron chi connectivity index (χ2n) is 3.75. The zero-order chi connectivity index (χ0) is 13.0.